The zero-order valence-corrected chi connectivity index (χ0v) is 8.86. The fourth-order valence-corrected chi connectivity index (χ4v) is 0. The van der Waals surface area contributed by atoms with Crippen molar-refractivity contribution >= 4 is 52.1 Å². The van der Waals surface area contributed by atoms with Gasteiger partial charge >= 0.3 is 0 Å². The maximum Gasteiger partial charge on any atom is 0 e. The molecule has 0 aliphatic rings. The van der Waals surface area contributed by atoms with Crippen molar-refractivity contribution in [2.24, 2.45) is 0 Å². The van der Waals surface area contributed by atoms with Crippen LogP contribution in [-0.4, -0.2) is 52.1 Å². The first-order valence-corrected chi connectivity index (χ1v) is 0. The molecule has 0 aliphatic heterocycles. The first kappa shape index (κ1) is 33.0. The summed E-state index contributed by atoms with van der Waals surface area (Å²) in [4.78, 5) is 0. The molecular weight excluding hydrogens is 262 g/mol. The molecule has 0 fully saturated rings. The van der Waals surface area contributed by atoms with Gasteiger partial charge in [0.15, 0.2) is 0 Å². The number of hydrogen-bond acceptors (Lipinski definition) is 0. The van der Waals surface area contributed by atoms with Crippen molar-refractivity contribution in [1.29, 1.82) is 0 Å². The summed E-state index contributed by atoms with van der Waals surface area (Å²) < 4.78 is 0. The quantitative estimate of drug-likeness (QED) is 0.484. The van der Waals surface area contributed by atoms with E-state index in [1.807, 2.05) is 0 Å². The van der Waals surface area contributed by atoms with Gasteiger partial charge in [0, 0.05) is 74.5 Å². The Morgan fingerprint density at radius 2 is 0.500 bits per heavy atom. The van der Waals surface area contributed by atoms with E-state index in [1.54, 1.807) is 0 Å². The van der Waals surface area contributed by atoms with E-state index in [1.165, 1.54) is 0 Å². The Labute approximate surface area is 73.6 Å². The Morgan fingerprint density at radius 1 is 0.500 bits per heavy atom. The van der Waals surface area contributed by atoms with Crippen LogP contribution in [0.5, 0.6) is 0 Å². The molecule has 0 unspecified atom stereocenters. The Hall–Kier alpha value is 2.34. The van der Waals surface area contributed by atoms with Gasteiger partial charge in [-0.1, -0.05) is 0 Å². The minimum absolute atomic E-state index is 0. The molecule has 0 aromatic heterocycles. The van der Waals surface area contributed by atoms with Crippen molar-refractivity contribution in [3.63, 3.8) is 0 Å². The summed E-state index contributed by atoms with van der Waals surface area (Å²) in [5.41, 5.74) is 0. The van der Waals surface area contributed by atoms with Crippen molar-refractivity contribution in [3.05, 3.63) is 0 Å². The molecule has 0 bridgehead atoms. The fourth-order valence-electron chi connectivity index (χ4n) is 0. The molecule has 0 aromatic rings. The van der Waals surface area contributed by atoms with Gasteiger partial charge in [-0.05, 0) is 0 Å². The Kier molecular flexibility index (Phi) is 152. The predicted octanol–water partition coefficient (Wildman–Crippen LogP) is -1.14. The van der Waals surface area contributed by atoms with E-state index in [0.29, 0.717) is 0 Å². The van der Waals surface area contributed by atoms with Gasteiger partial charge < -0.3 is 0 Å². The molecule has 14 valence electrons. The van der Waals surface area contributed by atoms with Gasteiger partial charge in [-0.3, -0.25) is 0 Å². The molecule has 0 aliphatic carbocycles. The fraction of sp³-hybridized carbons (Fsp3) is 0. The minimum Gasteiger partial charge on any atom is 0 e. The zero-order valence-electron chi connectivity index (χ0n) is 2.18. The molecule has 0 atom stereocenters. The average molecular weight is 262 g/mol. The molecular formula is Al3Ta. The zero-order chi connectivity index (χ0) is 0. The Morgan fingerprint density at radius 3 is 0.500 bits per heavy atom. The predicted molar refractivity (Wildman–Crippen MR) is 17.3 cm³/mol. The third-order valence-electron chi connectivity index (χ3n) is 0. The normalized spacial score (nSPS) is 0. The standard InChI is InChI=1S/3Al.Ta. The Balaban J connectivity index is 0. The van der Waals surface area contributed by atoms with Gasteiger partial charge in [-0.2, -0.15) is 0 Å². The average Bonchev–Trinajstić information content (AvgIpc) is 0. The third-order valence-corrected chi connectivity index (χ3v) is 0. The van der Waals surface area contributed by atoms with Crippen LogP contribution < -0.4 is 0 Å². The summed E-state index contributed by atoms with van der Waals surface area (Å²) in [5, 5.41) is 0. The van der Waals surface area contributed by atoms with Gasteiger partial charge in [0.05, 0.1) is 0 Å². The molecule has 0 heterocycles. The molecule has 10 radical (unpaired) electrons. The van der Waals surface area contributed by atoms with Crippen LogP contribution in [0.15, 0.2) is 0 Å². The van der Waals surface area contributed by atoms with E-state index >= 15 is 0 Å². The van der Waals surface area contributed by atoms with Crippen LogP contribution in [0, 0.1) is 0 Å². The van der Waals surface area contributed by atoms with Crippen LogP contribution >= 0.6 is 0 Å². The smallest absolute Gasteiger partial charge is 0 e. The van der Waals surface area contributed by atoms with Crippen molar-refractivity contribution in [3.8, 4) is 0 Å². The van der Waals surface area contributed by atoms with Crippen LogP contribution in [-0.2, 0) is 22.4 Å². The summed E-state index contributed by atoms with van der Waals surface area (Å²) in [6.45, 7) is 0. The van der Waals surface area contributed by atoms with Crippen LogP contribution in [0.1, 0.15) is 0 Å². The molecule has 0 rings (SSSR count). The maximum atomic E-state index is 0. The molecule has 0 nitrogen and oxygen atoms in total. The molecule has 4 heteroatoms. The second-order valence-corrected chi connectivity index (χ2v) is 0. The van der Waals surface area contributed by atoms with Crippen LogP contribution in [0.4, 0.5) is 0 Å². The summed E-state index contributed by atoms with van der Waals surface area (Å²) >= 11 is 0. The molecule has 0 amide bonds. The SMILES string of the molecule is [Al].[Al].[Al].[Ta]. The van der Waals surface area contributed by atoms with Crippen molar-refractivity contribution in [2.45, 2.75) is 0 Å². The van der Waals surface area contributed by atoms with Crippen molar-refractivity contribution < 1.29 is 22.4 Å². The van der Waals surface area contributed by atoms with Crippen LogP contribution in [0.2, 0.25) is 0 Å². The summed E-state index contributed by atoms with van der Waals surface area (Å²) in [6, 6.07) is 0. The number of rotatable bonds is 0. The topological polar surface area (TPSA) is 0 Å². The first-order valence-electron chi connectivity index (χ1n) is 0. The monoisotopic (exact) mass is 262 g/mol. The van der Waals surface area contributed by atoms with Gasteiger partial charge in [-0.25, -0.2) is 0 Å². The molecule has 0 aromatic carbocycles. The van der Waals surface area contributed by atoms with Crippen molar-refractivity contribution in [2.75, 3.05) is 0 Å². The summed E-state index contributed by atoms with van der Waals surface area (Å²) in [5.74, 6) is 0. The van der Waals surface area contributed by atoms with E-state index < -0.39 is 0 Å². The van der Waals surface area contributed by atoms with Gasteiger partial charge in [0.25, 0.3) is 0 Å². The van der Waals surface area contributed by atoms with Gasteiger partial charge in [0.2, 0.25) is 0 Å². The van der Waals surface area contributed by atoms with E-state index in [0.717, 1.165) is 0 Å². The molecule has 0 saturated carbocycles. The van der Waals surface area contributed by atoms with E-state index in [2.05, 4.69) is 0 Å². The molecule has 0 N–H and O–H groups in total. The van der Waals surface area contributed by atoms with Gasteiger partial charge in [-0.15, -0.1) is 0 Å². The Bertz CT molecular complexity index is 3.25. The first-order chi connectivity index (χ1) is 0. The summed E-state index contributed by atoms with van der Waals surface area (Å²) in [7, 11) is 0. The van der Waals surface area contributed by atoms with Crippen LogP contribution in [0.25, 0.3) is 0 Å². The molecule has 4 heavy (non-hydrogen) atoms. The largest absolute Gasteiger partial charge is 0 e. The van der Waals surface area contributed by atoms with E-state index in [9.17, 15) is 0 Å². The number of hydrogen-bond donors (Lipinski definition) is 0. The molecule has 0 spiro atoms. The second-order valence-electron chi connectivity index (χ2n) is 0. The van der Waals surface area contributed by atoms with Crippen molar-refractivity contribution in [1.82, 2.24) is 0 Å². The third kappa shape index (κ3) is 8.84. The van der Waals surface area contributed by atoms with Gasteiger partial charge in [0.1, 0.15) is 0 Å². The minimum atomic E-state index is 0. The van der Waals surface area contributed by atoms with E-state index in [-0.39, 0.29) is 74.5 Å². The van der Waals surface area contributed by atoms with Crippen LogP contribution in [0.3, 0.4) is 0 Å². The van der Waals surface area contributed by atoms with E-state index in [4.69, 9.17) is 0 Å². The maximum absolute atomic E-state index is 0. The molecule has 0 saturated heterocycles. The second kappa shape index (κ2) is 18.4. The summed E-state index contributed by atoms with van der Waals surface area (Å²) in [6.07, 6.45) is 0.